The highest BCUT2D eigenvalue weighted by molar-refractivity contribution is 5.66. The van der Waals surface area contributed by atoms with Crippen LogP contribution < -0.4 is 11.5 Å². The lowest BCUT2D eigenvalue weighted by Crippen LogP contribution is -1.92. The van der Waals surface area contributed by atoms with Gasteiger partial charge in [0.05, 0.1) is 23.5 Å². The van der Waals surface area contributed by atoms with Gasteiger partial charge in [0.2, 0.25) is 0 Å². The number of hydrogen-bond acceptors (Lipinski definition) is 12. The fraction of sp³-hybridized carbons (Fsp3) is 0. The predicted octanol–water partition coefficient (Wildman–Crippen LogP) is 3.46. The first-order chi connectivity index (χ1) is 16.3. The summed E-state index contributed by atoms with van der Waals surface area (Å²) in [7, 11) is 0. The molecule has 4 aromatic heterocycles. The lowest BCUT2D eigenvalue weighted by atomic mass is 10.3. The van der Waals surface area contributed by atoms with E-state index in [1.165, 1.54) is 24.3 Å². The van der Waals surface area contributed by atoms with Gasteiger partial charge in [-0.3, -0.25) is 20.2 Å². The number of nitrogens with zero attached hydrogens (tertiary/aromatic N) is 6. The zero-order valence-electron chi connectivity index (χ0n) is 17.2. The zero-order valence-corrected chi connectivity index (χ0v) is 17.2. The Morgan fingerprint density at radius 2 is 1.03 bits per heavy atom. The number of hydrogen-bond donors (Lipinski definition) is 2. The summed E-state index contributed by atoms with van der Waals surface area (Å²) in [6.45, 7) is 0. The molecule has 0 aliphatic carbocycles. The maximum absolute atomic E-state index is 10.4. The molecule has 0 aliphatic heterocycles. The molecule has 172 valence electrons. The van der Waals surface area contributed by atoms with Crippen LogP contribution in [0.1, 0.15) is 22.9 Å². The first-order valence-corrected chi connectivity index (χ1v) is 9.33. The number of anilines is 2. The Labute approximate surface area is 190 Å². The Morgan fingerprint density at radius 3 is 1.32 bits per heavy atom. The number of nitrogens with two attached hydrogens (primary N) is 2. The van der Waals surface area contributed by atoms with Gasteiger partial charge in [-0.15, -0.1) is 20.4 Å². The smallest absolute Gasteiger partial charge is 0.401 e. The molecule has 0 atom stereocenters. The average molecular weight is 464 g/mol. The summed E-state index contributed by atoms with van der Waals surface area (Å²) in [5.41, 5.74) is 11.9. The van der Waals surface area contributed by atoms with Crippen LogP contribution in [0.2, 0.25) is 0 Å². The molecule has 0 saturated heterocycles. The molecule has 14 heteroatoms. The molecule has 0 fully saturated rings. The van der Waals surface area contributed by atoms with E-state index in [4.69, 9.17) is 20.3 Å². The van der Waals surface area contributed by atoms with E-state index in [-0.39, 0.29) is 11.8 Å². The topological polar surface area (TPSA) is 216 Å². The van der Waals surface area contributed by atoms with Gasteiger partial charge in [-0.05, 0) is 60.7 Å². The number of rotatable bonds is 6. The molecule has 0 spiro atoms. The molecule has 4 aromatic rings. The van der Waals surface area contributed by atoms with E-state index in [0.29, 0.717) is 34.5 Å². The van der Waals surface area contributed by atoms with Crippen molar-refractivity contribution < 1.29 is 18.7 Å². The molecule has 4 N–H and O–H groups in total. The van der Waals surface area contributed by atoms with Crippen molar-refractivity contribution >= 4 is 47.7 Å². The van der Waals surface area contributed by atoms with Crippen molar-refractivity contribution in [2.45, 2.75) is 0 Å². The van der Waals surface area contributed by atoms with Crippen LogP contribution in [-0.4, -0.2) is 30.2 Å². The van der Waals surface area contributed by atoms with Gasteiger partial charge in [0, 0.05) is 0 Å². The third-order valence-corrected chi connectivity index (χ3v) is 3.83. The molecule has 0 aromatic carbocycles. The molecule has 0 aliphatic rings. The fourth-order valence-electron chi connectivity index (χ4n) is 2.28. The van der Waals surface area contributed by atoms with Crippen molar-refractivity contribution in [2.24, 2.45) is 0 Å². The van der Waals surface area contributed by atoms with Crippen LogP contribution >= 0.6 is 0 Å². The second-order valence-corrected chi connectivity index (χ2v) is 6.30. The molecule has 4 heterocycles. The number of aromatic nitrogens is 4. The van der Waals surface area contributed by atoms with E-state index in [2.05, 4.69) is 20.4 Å². The van der Waals surface area contributed by atoms with E-state index in [1.807, 2.05) is 0 Å². The van der Waals surface area contributed by atoms with E-state index in [9.17, 15) is 20.2 Å². The molecule has 4 rings (SSSR count). The van der Waals surface area contributed by atoms with Gasteiger partial charge in [0.15, 0.2) is 0 Å². The van der Waals surface area contributed by atoms with Crippen LogP contribution in [0.3, 0.4) is 0 Å². The average Bonchev–Trinajstić information content (AvgIpc) is 3.49. The van der Waals surface area contributed by atoms with Crippen molar-refractivity contribution in [1.29, 1.82) is 0 Å². The minimum atomic E-state index is -0.597. The molecular weight excluding hydrogens is 448 g/mol. The number of nitrogen functional groups attached to an aromatic ring is 2. The van der Waals surface area contributed by atoms with Crippen molar-refractivity contribution in [3.63, 3.8) is 0 Å². The third-order valence-electron chi connectivity index (χ3n) is 3.83. The van der Waals surface area contributed by atoms with E-state index < -0.39 is 9.85 Å². The van der Waals surface area contributed by atoms with E-state index >= 15 is 0 Å². The minimum absolute atomic E-state index is 0.298. The molecule has 0 saturated carbocycles. The molecule has 34 heavy (non-hydrogen) atoms. The summed E-state index contributed by atoms with van der Waals surface area (Å²) >= 11 is 0. The summed E-state index contributed by atoms with van der Waals surface area (Å²) in [6, 6.07) is 12.1. The molecular formula is C20H16N8O6. The normalized spacial score (nSPS) is 10.8. The lowest BCUT2D eigenvalue weighted by Gasteiger charge is -1.91. The van der Waals surface area contributed by atoms with Gasteiger partial charge < -0.3 is 20.3 Å². The van der Waals surface area contributed by atoms with Gasteiger partial charge in [-0.25, -0.2) is 0 Å². The quantitative estimate of drug-likeness (QED) is 0.309. The van der Waals surface area contributed by atoms with Crippen molar-refractivity contribution in [3.8, 4) is 0 Å². The van der Waals surface area contributed by atoms with Crippen molar-refractivity contribution in [2.75, 3.05) is 11.5 Å². The Kier molecular flexibility index (Phi) is 7.36. The van der Waals surface area contributed by atoms with Crippen LogP contribution in [0, 0.1) is 20.2 Å². The van der Waals surface area contributed by atoms with E-state index in [1.54, 1.807) is 48.6 Å². The summed E-state index contributed by atoms with van der Waals surface area (Å²) < 4.78 is 9.86. The maximum atomic E-state index is 10.4. The highest BCUT2D eigenvalue weighted by atomic mass is 16.7. The Bertz CT molecular complexity index is 1220. The Hall–Kier alpha value is -5.40. The van der Waals surface area contributed by atoms with Crippen molar-refractivity contribution in [1.82, 2.24) is 20.4 Å². The van der Waals surface area contributed by atoms with Gasteiger partial charge in [-0.2, -0.15) is 0 Å². The third kappa shape index (κ3) is 6.81. The molecule has 0 bridgehead atoms. The standard InChI is InChI=1S/2C10H8N4O3/c2*11-9-5-2-7(12-13-9)1-3-8-4-6-10(17-8)14(15)16/h2*1-6H,(H2,11,13). The largest absolute Gasteiger partial charge is 0.433 e. The summed E-state index contributed by atoms with van der Waals surface area (Å²) in [6.07, 6.45) is 6.37. The first-order valence-electron chi connectivity index (χ1n) is 9.33. The first kappa shape index (κ1) is 23.3. The predicted molar refractivity (Wildman–Crippen MR) is 121 cm³/mol. The molecule has 0 amide bonds. The monoisotopic (exact) mass is 464 g/mol. The van der Waals surface area contributed by atoms with Gasteiger partial charge >= 0.3 is 11.8 Å². The van der Waals surface area contributed by atoms with Crippen LogP contribution in [0.5, 0.6) is 0 Å². The molecule has 0 unspecified atom stereocenters. The lowest BCUT2D eigenvalue weighted by molar-refractivity contribution is -0.402. The van der Waals surface area contributed by atoms with Crippen LogP contribution in [-0.2, 0) is 0 Å². The fourth-order valence-corrected chi connectivity index (χ4v) is 2.28. The van der Waals surface area contributed by atoms with Gasteiger partial charge in [-0.1, -0.05) is 0 Å². The van der Waals surface area contributed by atoms with Gasteiger partial charge in [0.25, 0.3) is 0 Å². The molecule has 0 radical (unpaired) electrons. The van der Waals surface area contributed by atoms with Crippen molar-refractivity contribution in [3.05, 3.63) is 91.7 Å². The van der Waals surface area contributed by atoms with E-state index in [0.717, 1.165) is 0 Å². The second kappa shape index (κ2) is 10.8. The minimum Gasteiger partial charge on any atom is -0.401 e. The summed E-state index contributed by atoms with van der Waals surface area (Å²) in [5.74, 6) is 0.804. The summed E-state index contributed by atoms with van der Waals surface area (Å²) in [4.78, 5) is 19.6. The van der Waals surface area contributed by atoms with Crippen LogP contribution in [0.25, 0.3) is 24.3 Å². The zero-order chi connectivity index (χ0) is 24.5. The second-order valence-electron chi connectivity index (χ2n) is 6.30. The van der Waals surface area contributed by atoms with Gasteiger partial charge in [0.1, 0.15) is 33.0 Å². The Balaban J connectivity index is 0.000000191. The molecule has 14 nitrogen and oxygen atoms in total. The van der Waals surface area contributed by atoms with Crippen LogP contribution in [0.15, 0.2) is 57.4 Å². The summed E-state index contributed by atoms with van der Waals surface area (Å²) in [5, 5.41) is 35.7. The van der Waals surface area contributed by atoms with Crippen LogP contribution in [0.4, 0.5) is 23.4 Å². The highest BCUT2D eigenvalue weighted by Crippen LogP contribution is 2.18. The SMILES string of the molecule is Nc1ccc(C=Cc2ccc([N+](=O)[O-])o2)nn1.Nc1ccc(C=Cc2ccc([N+](=O)[O-])o2)nn1. The Morgan fingerprint density at radius 1 is 0.618 bits per heavy atom. The highest BCUT2D eigenvalue weighted by Gasteiger charge is 2.10. The number of nitro groups is 2. The maximum Gasteiger partial charge on any atom is 0.433 e. The number of furan rings is 2.